The fourth-order valence-corrected chi connectivity index (χ4v) is 6.33. The molecular weight excluding hydrogens is 392 g/mol. The minimum atomic E-state index is -3.23. The third kappa shape index (κ3) is 4.35. The summed E-state index contributed by atoms with van der Waals surface area (Å²) in [4.78, 5) is 14.4. The van der Waals surface area contributed by atoms with E-state index in [-0.39, 0.29) is 29.9 Å². The largest absolute Gasteiger partial charge is 0.340 e. The van der Waals surface area contributed by atoms with E-state index in [1.807, 2.05) is 13.8 Å². The van der Waals surface area contributed by atoms with Gasteiger partial charge in [0.05, 0.1) is 35.9 Å². The van der Waals surface area contributed by atoms with Crippen molar-refractivity contribution in [2.45, 2.75) is 32.7 Å². The van der Waals surface area contributed by atoms with Gasteiger partial charge in [-0.1, -0.05) is 0 Å². The average Bonchev–Trinajstić information content (AvgIpc) is 3.07. The van der Waals surface area contributed by atoms with E-state index in [1.165, 1.54) is 10.6 Å². The van der Waals surface area contributed by atoms with Gasteiger partial charge in [-0.2, -0.15) is 9.40 Å². The lowest BCUT2D eigenvalue weighted by molar-refractivity contribution is -0.131. The molecule has 1 aromatic rings. The molecule has 0 saturated carbocycles. The standard InChI is InChI=1S/C16H26N4O5S2/c1-12-15(13(2)20(17-12)14-4-9-27(24,25)11-14)10-16(21)18-5-7-19(8-6-18)26(3,22)23/h14H,4-11H2,1-3H3. The van der Waals surface area contributed by atoms with Gasteiger partial charge >= 0.3 is 0 Å². The number of sulfonamides is 1. The number of aryl methyl sites for hydroxylation is 1. The van der Waals surface area contributed by atoms with Crippen molar-refractivity contribution >= 4 is 25.8 Å². The number of sulfone groups is 1. The molecule has 1 aromatic heterocycles. The topological polar surface area (TPSA) is 110 Å². The molecule has 0 N–H and O–H groups in total. The average molecular weight is 419 g/mol. The highest BCUT2D eigenvalue weighted by Gasteiger charge is 2.32. The molecule has 3 rings (SSSR count). The van der Waals surface area contributed by atoms with E-state index >= 15 is 0 Å². The predicted octanol–water partition coefficient (Wildman–Crippen LogP) is -0.494. The second kappa shape index (κ2) is 7.17. The second-order valence-electron chi connectivity index (χ2n) is 7.37. The third-order valence-corrected chi connectivity index (χ3v) is 8.47. The minimum absolute atomic E-state index is 0.0621. The number of carbonyl (C=O) groups excluding carboxylic acids is 1. The Morgan fingerprint density at radius 3 is 2.33 bits per heavy atom. The molecule has 2 aliphatic rings. The molecule has 9 nitrogen and oxygen atoms in total. The van der Waals surface area contributed by atoms with Gasteiger partial charge in [0.15, 0.2) is 9.84 Å². The number of nitrogens with zero attached hydrogens (tertiary/aromatic N) is 4. The summed E-state index contributed by atoms with van der Waals surface area (Å²) in [6.07, 6.45) is 1.91. The fourth-order valence-electron chi connectivity index (χ4n) is 3.81. The van der Waals surface area contributed by atoms with E-state index in [0.29, 0.717) is 32.6 Å². The van der Waals surface area contributed by atoms with Crippen molar-refractivity contribution in [2.75, 3.05) is 43.9 Å². The smallest absolute Gasteiger partial charge is 0.227 e. The predicted molar refractivity (Wildman–Crippen MR) is 101 cm³/mol. The molecule has 2 saturated heterocycles. The van der Waals surface area contributed by atoms with E-state index < -0.39 is 19.9 Å². The summed E-state index contributed by atoms with van der Waals surface area (Å²) in [5.74, 6) is 0.206. The van der Waals surface area contributed by atoms with Crippen molar-refractivity contribution in [1.29, 1.82) is 0 Å². The number of carbonyl (C=O) groups is 1. The molecule has 152 valence electrons. The lowest BCUT2D eigenvalue weighted by atomic mass is 10.1. The Hall–Kier alpha value is -1.46. The Morgan fingerprint density at radius 1 is 1.19 bits per heavy atom. The van der Waals surface area contributed by atoms with Gasteiger partial charge in [-0.05, 0) is 20.3 Å². The van der Waals surface area contributed by atoms with Crippen LogP contribution in [-0.4, -0.2) is 85.7 Å². The maximum Gasteiger partial charge on any atom is 0.227 e. The summed E-state index contributed by atoms with van der Waals surface area (Å²) < 4.78 is 49.8. The van der Waals surface area contributed by atoms with Gasteiger partial charge in [0.25, 0.3) is 0 Å². The van der Waals surface area contributed by atoms with Crippen molar-refractivity contribution in [3.8, 4) is 0 Å². The van der Waals surface area contributed by atoms with Crippen LogP contribution in [0.4, 0.5) is 0 Å². The van der Waals surface area contributed by atoms with Crippen LogP contribution >= 0.6 is 0 Å². The van der Waals surface area contributed by atoms with Crippen LogP contribution in [0, 0.1) is 13.8 Å². The summed E-state index contributed by atoms with van der Waals surface area (Å²) in [6.45, 7) is 5.06. The molecule has 3 heterocycles. The number of aromatic nitrogens is 2. The van der Waals surface area contributed by atoms with Crippen molar-refractivity contribution in [1.82, 2.24) is 19.0 Å². The summed E-state index contributed by atoms with van der Waals surface area (Å²) in [7, 11) is -6.24. The quantitative estimate of drug-likeness (QED) is 0.652. The number of rotatable bonds is 4. The Labute approximate surface area is 160 Å². The highest BCUT2D eigenvalue weighted by atomic mass is 32.2. The lowest BCUT2D eigenvalue weighted by Gasteiger charge is -2.33. The van der Waals surface area contributed by atoms with Gasteiger partial charge < -0.3 is 4.90 Å². The molecule has 0 aromatic carbocycles. The molecule has 27 heavy (non-hydrogen) atoms. The number of hydrogen-bond acceptors (Lipinski definition) is 6. The molecule has 0 aliphatic carbocycles. The first kappa shape index (κ1) is 20.3. The molecule has 1 amide bonds. The van der Waals surface area contributed by atoms with E-state index in [9.17, 15) is 21.6 Å². The molecule has 1 atom stereocenters. The highest BCUT2D eigenvalue weighted by Crippen LogP contribution is 2.27. The van der Waals surface area contributed by atoms with Crippen LogP contribution in [0.2, 0.25) is 0 Å². The molecule has 2 fully saturated rings. The van der Waals surface area contributed by atoms with E-state index in [4.69, 9.17) is 0 Å². The first-order valence-corrected chi connectivity index (χ1v) is 12.6. The van der Waals surface area contributed by atoms with E-state index in [0.717, 1.165) is 17.0 Å². The van der Waals surface area contributed by atoms with Gasteiger partial charge in [0, 0.05) is 37.4 Å². The SMILES string of the molecule is Cc1nn(C2CCS(=O)(=O)C2)c(C)c1CC(=O)N1CCN(S(C)(=O)=O)CC1. The third-order valence-electron chi connectivity index (χ3n) is 5.42. The highest BCUT2D eigenvalue weighted by molar-refractivity contribution is 7.91. The van der Waals surface area contributed by atoms with Crippen LogP contribution in [0.5, 0.6) is 0 Å². The van der Waals surface area contributed by atoms with Crippen LogP contribution in [0.1, 0.15) is 29.4 Å². The maximum atomic E-state index is 12.7. The van der Waals surface area contributed by atoms with Crippen LogP contribution < -0.4 is 0 Å². The normalized spacial score (nSPS) is 23.7. The van der Waals surface area contributed by atoms with Gasteiger partial charge in [-0.15, -0.1) is 0 Å². The molecule has 0 radical (unpaired) electrons. The van der Waals surface area contributed by atoms with Crippen molar-refractivity contribution in [3.63, 3.8) is 0 Å². The Morgan fingerprint density at radius 2 is 1.81 bits per heavy atom. The summed E-state index contributed by atoms with van der Waals surface area (Å²) in [5.41, 5.74) is 2.40. The Bertz CT molecular complexity index is 944. The maximum absolute atomic E-state index is 12.7. The van der Waals surface area contributed by atoms with Crippen molar-refractivity contribution in [2.24, 2.45) is 0 Å². The molecule has 2 aliphatic heterocycles. The van der Waals surface area contributed by atoms with Gasteiger partial charge in [0.1, 0.15) is 0 Å². The van der Waals surface area contributed by atoms with Gasteiger partial charge in [-0.25, -0.2) is 16.8 Å². The number of piperazine rings is 1. The lowest BCUT2D eigenvalue weighted by Crippen LogP contribution is -2.50. The molecule has 11 heteroatoms. The Kier molecular flexibility index (Phi) is 5.39. The zero-order chi connectivity index (χ0) is 20.0. The Balaban J connectivity index is 1.69. The summed E-state index contributed by atoms with van der Waals surface area (Å²) in [5, 5.41) is 4.49. The summed E-state index contributed by atoms with van der Waals surface area (Å²) >= 11 is 0. The molecule has 0 bridgehead atoms. The zero-order valence-corrected chi connectivity index (χ0v) is 17.5. The van der Waals surface area contributed by atoms with Gasteiger partial charge in [0.2, 0.25) is 15.9 Å². The first-order chi connectivity index (χ1) is 12.5. The molecular formula is C16H26N4O5S2. The van der Waals surface area contributed by atoms with Crippen molar-refractivity contribution in [3.05, 3.63) is 17.0 Å². The van der Waals surface area contributed by atoms with Crippen molar-refractivity contribution < 1.29 is 21.6 Å². The van der Waals surface area contributed by atoms with Crippen LogP contribution in [0.15, 0.2) is 0 Å². The summed E-state index contributed by atoms with van der Waals surface area (Å²) in [6, 6.07) is -0.171. The van der Waals surface area contributed by atoms with E-state index in [1.54, 1.807) is 9.58 Å². The number of hydrogen-bond donors (Lipinski definition) is 0. The first-order valence-electron chi connectivity index (χ1n) is 8.96. The van der Waals surface area contributed by atoms with Crippen LogP contribution in [-0.2, 0) is 31.1 Å². The van der Waals surface area contributed by atoms with Gasteiger partial charge in [-0.3, -0.25) is 9.48 Å². The van der Waals surface area contributed by atoms with Crippen LogP contribution in [0.3, 0.4) is 0 Å². The minimum Gasteiger partial charge on any atom is -0.340 e. The fraction of sp³-hybridized carbons (Fsp3) is 0.750. The number of amides is 1. The monoisotopic (exact) mass is 418 g/mol. The van der Waals surface area contributed by atoms with E-state index in [2.05, 4.69) is 5.10 Å². The second-order valence-corrected chi connectivity index (χ2v) is 11.6. The van der Waals surface area contributed by atoms with Crippen LogP contribution in [0.25, 0.3) is 0 Å². The molecule has 1 unspecified atom stereocenters. The zero-order valence-electron chi connectivity index (χ0n) is 15.9. The molecule has 0 spiro atoms.